The second kappa shape index (κ2) is 5.93. The molecule has 0 radical (unpaired) electrons. The van der Waals surface area contributed by atoms with Crippen LogP contribution in [0.4, 0.5) is 5.69 Å². The zero-order valence-electron chi connectivity index (χ0n) is 11.0. The molecule has 0 saturated carbocycles. The molecule has 1 aromatic carbocycles. The smallest absolute Gasteiger partial charge is 0.165 e. The van der Waals surface area contributed by atoms with Gasteiger partial charge in [-0.2, -0.15) is 0 Å². The first-order valence-electron chi connectivity index (χ1n) is 6.18. The number of anilines is 1. The summed E-state index contributed by atoms with van der Waals surface area (Å²) in [5.74, 6) is 1.48. The van der Waals surface area contributed by atoms with Gasteiger partial charge in [0.1, 0.15) is 0 Å². The standard InChI is InChI=1S/C13H21N3O2/c1-17-12-8-11(14)7-10(13(12)18-2)9-16-5-3-15-4-6-16/h7-8,15H,3-6,9,14H2,1-2H3. The van der Waals surface area contributed by atoms with Crippen LogP contribution in [0.5, 0.6) is 11.5 Å². The maximum atomic E-state index is 5.90. The molecule has 0 aromatic heterocycles. The number of nitrogens with zero attached hydrogens (tertiary/aromatic N) is 1. The van der Waals surface area contributed by atoms with E-state index in [-0.39, 0.29) is 0 Å². The number of benzene rings is 1. The highest BCUT2D eigenvalue weighted by atomic mass is 16.5. The maximum absolute atomic E-state index is 5.90. The highest BCUT2D eigenvalue weighted by molar-refractivity contribution is 5.57. The fraction of sp³-hybridized carbons (Fsp3) is 0.538. The van der Waals surface area contributed by atoms with Crippen LogP contribution >= 0.6 is 0 Å². The van der Waals surface area contributed by atoms with Crippen LogP contribution < -0.4 is 20.5 Å². The fourth-order valence-corrected chi connectivity index (χ4v) is 2.29. The van der Waals surface area contributed by atoms with Gasteiger partial charge in [-0.3, -0.25) is 4.90 Å². The van der Waals surface area contributed by atoms with Crippen molar-refractivity contribution in [3.63, 3.8) is 0 Å². The lowest BCUT2D eigenvalue weighted by molar-refractivity contribution is 0.229. The van der Waals surface area contributed by atoms with Gasteiger partial charge in [0.2, 0.25) is 0 Å². The van der Waals surface area contributed by atoms with E-state index in [0.29, 0.717) is 11.4 Å². The molecule has 5 heteroatoms. The van der Waals surface area contributed by atoms with Crippen molar-refractivity contribution >= 4 is 5.69 Å². The first-order chi connectivity index (χ1) is 8.74. The van der Waals surface area contributed by atoms with Gasteiger partial charge >= 0.3 is 0 Å². The number of methoxy groups -OCH3 is 2. The summed E-state index contributed by atoms with van der Waals surface area (Å²) in [4.78, 5) is 2.38. The van der Waals surface area contributed by atoms with Gasteiger partial charge in [0.15, 0.2) is 11.5 Å². The Hall–Kier alpha value is -1.46. The summed E-state index contributed by atoms with van der Waals surface area (Å²) < 4.78 is 10.8. The van der Waals surface area contributed by atoms with Gasteiger partial charge in [-0.1, -0.05) is 0 Å². The number of ether oxygens (including phenoxy) is 2. The van der Waals surface area contributed by atoms with Gasteiger partial charge in [0.25, 0.3) is 0 Å². The van der Waals surface area contributed by atoms with Crippen molar-refractivity contribution in [3.05, 3.63) is 17.7 Å². The SMILES string of the molecule is COc1cc(N)cc(CN2CCNCC2)c1OC. The Morgan fingerprint density at radius 3 is 2.56 bits per heavy atom. The minimum absolute atomic E-state index is 0.697. The molecule has 18 heavy (non-hydrogen) atoms. The van der Waals surface area contributed by atoms with Crippen molar-refractivity contribution in [1.82, 2.24) is 10.2 Å². The Labute approximate surface area is 108 Å². The lowest BCUT2D eigenvalue weighted by Crippen LogP contribution is -2.42. The van der Waals surface area contributed by atoms with E-state index in [1.54, 1.807) is 20.3 Å². The fourth-order valence-electron chi connectivity index (χ4n) is 2.29. The molecule has 1 fully saturated rings. The van der Waals surface area contributed by atoms with Crippen molar-refractivity contribution in [2.75, 3.05) is 46.1 Å². The molecule has 0 amide bonds. The van der Waals surface area contributed by atoms with E-state index in [2.05, 4.69) is 10.2 Å². The minimum atomic E-state index is 0.697. The Balaban J connectivity index is 2.21. The second-order valence-electron chi connectivity index (χ2n) is 4.44. The number of nitrogens with one attached hydrogen (secondary N) is 1. The van der Waals surface area contributed by atoms with Gasteiger partial charge in [-0.05, 0) is 6.07 Å². The molecule has 0 atom stereocenters. The third-order valence-corrected chi connectivity index (χ3v) is 3.18. The van der Waals surface area contributed by atoms with Gasteiger partial charge in [0.05, 0.1) is 14.2 Å². The number of piperazine rings is 1. The van der Waals surface area contributed by atoms with E-state index in [0.717, 1.165) is 44.0 Å². The summed E-state index contributed by atoms with van der Waals surface area (Å²) in [6, 6.07) is 3.75. The van der Waals surface area contributed by atoms with Gasteiger partial charge < -0.3 is 20.5 Å². The molecule has 1 aliphatic rings. The first kappa shape index (κ1) is 13.0. The van der Waals surface area contributed by atoms with E-state index >= 15 is 0 Å². The molecular formula is C13H21N3O2. The Kier molecular flexibility index (Phi) is 4.28. The third kappa shape index (κ3) is 2.86. The van der Waals surface area contributed by atoms with Crippen molar-refractivity contribution in [3.8, 4) is 11.5 Å². The average molecular weight is 251 g/mol. The molecule has 100 valence electrons. The molecular weight excluding hydrogens is 230 g/mol. The van der Waals surface area contributed by atoms with E-state index in [9.17, 15) is 0 Å². The predicted molar refractivity (Wildman–Crippen MR) is 72.1 cm³/mol. The zero-order chi connectivity index (χ0) is 13.0. The average Bonchev–Trinajstić information content (AvgIpc) is 2.39. The van der Waals surface area contributed by atoms with E-state index < -0.39 is 0 Å². The normalized spacial score (nSPS) is 16.6. The number of rotatable bonds is 4. The quantitative estimate of drug-likeness (QED) is 0.771. The van der Waals surface area contributed by atoms with Crippen molar-refractivity contribution in [2.45, 2.75) is 6.54 Å². The van der Waals surface area contributed by atoms with Gasteiger partial charge in [-0.15, -0.1) is 0 Å². The van der Waals surface area contributed by atoms with Crippen LogP contribution in [-0.2, 0) is 6.54 Å². The highest BCUT2D eigenvalue weighted by Gasteiger charge is 2.16. The molecule has 2 rings (SSSR count). The van der Waals surface area contributed by atoms with Crippen molar-refractivity contribution in [1.29, 1.82) is 0 Å². The molecule has 1 aliphatic heterocycles. The van der Waals surface area contributed by atoms with Crippen LogP contribution in [0.1, 0.15) is 5.56 Å². The summed E-state index contributed by atoms with van der Waals surface area (Å²) in [7, 11) is 3.29. The van der Waals surface area contributed by atoms with Crippen LogP contribution in [0.2, 0.25) is 0 Å². The Morgan fingerprint density at radius 2 is 1.94 bits per heavy atom. The van der Waals surface area contributed by atoms with Gasteiger partial charge in [0, 0.05) is 50.0 Å². The number of hydrogen-bond donors (Lipinski definition) is 2. The number of nitrogens with two attached hydrogens (primary N) is 1. The van der Waals surface area contributed by atoms with E-state index in [1.807, 2.05) is 6.07 Å². The topological polar surface area (TPSA) is 59.8 Å². The van der Waals surface area contributed by atoms with Gasteiger partial charge in [-0.25, -0.2) is 0 Å². The summed E-state index contributed by atoms with van der Waals surface area (Å²) >= 11 is 0. The summed E-state index contributed by atoms with van der Waals surface area (Å²) in [6.07, 6.45) is 0. The van der Waals surface area contributed by atoms with Crippen LogP contribution in [0, 0.1) is 0 Å². The molecule has 5 nitrogen and oxygen atoms in total. The lowest BCUT2D eigenvalue weighted by Gasteiger charge is -2.28. The van der Waals surface area contributed by atoms with Crippen LogP contribution in [-0.4, -0.2) is 45.3 Å². The van der Waals surface area contributed by atoms with Crippen molar-refractivity contribution < 1.29 is 9.47 Å². The molecule has 0 spiro atoms. The lowest BCUT2D eigenvalue weighted by atomic mass is 10.1. The predicted octanol–water partition coefficient (Wildman–Crippen LogP) is 0.691. The first-order valence-corrected chi connectivity index (χ1v) is 6.18. The molecule has 3 N–H and O–H groups in total. The van der Waals surface area contributed by atoms with Crippen LogP contribution in [0.25, 0.3) is 0 Å². The second-order valence-corrected chi connectivity index (χ2v) is 4.44. The Bertz CT molecular complexity index is 403. The summed E-state index contributed by atoms with van der Waals surface area (Å²) in [5, 5.41) is 3.34. The maximum Gasteiger partial charge on any atom is 0.165 e. The monoisotopic (exact) mass is 251 g/mol. The molecule has 0 bridgehead atoms. The number of hydrogen-bond acceptors (Lipinski definition) is 5. The molecule has 1 aromatic rings. The molecule has 1 saturated heterocycles. The third-order valence-electron chi connectivity index (χ3n) is 3.18. The van der Waals surface area contributed by atoms with Crippen LogP contribution in [0.3, 0.4) is 0 Å². The van der Waals surface area contributed by atoms with Crippen molar-refractivity contribution in [2.24, 2.45) is 0 Å². The largest absolute Gasteiger partial charge is 0.493 e. The molecule has 0 aliphatic carbocycles. The Morgan fingerprint density at radius 1 is 1.22 bits per heavy atom. The van der Waals surface area contributed by atoms with E-state index in [4.69, 9.17) is 15.2 Å². The molecule has 0 unspecified atom stereocenters. The minimum Gasteiger partial charge on any atom is -0.493 e. The summed E-state index contributed by atoms with van der Waals surface area (Å²) in [6.45, 7) is 4.98. The molecule has 1 heterocycles. The summed E-state index contributed by atoms with van der Waals surface area (Å²) in [5.41, 5.74) is 7.68. The highest BCUT2D eigenvalue weighted by Crippen LogP contribution is 2.34. The number of nitrogen functional groups attached to an aromatic ring is 1. The van der Waals surface area contributed by atoms with Crippen LogP contribution in [0.15, 0.2) is 12.1 Å². The van der Waals surface area contributed by atoms with E-state index in [1.165, 1.54) is 0 Å². The zero-order valence-corrected chi connectivity index (χ0v) is 11.0.